The summed E-state index contributed by atoms with van der Waals surface area (Å²) in [6.07, 6.45) is -0.338. The van der Waals surface area contributed by atoms with Crippen LogP contribution in [-0.4, -0.2) is 67.1 Å². The molecule has 2 unspecified atom stereocenters. The molecule has 0 saturated carbocycles. The minimum Gasteiger partial charge on any atom is -0.507 e. The Morgan fingerprint density at radius 2 is 1.79 bits per heavy atom. The molecule has 0 aromatic heterocycles. The maximum Gasteiger partial charge on any atom is 0.342 e. The Labute approximate surface area is 195 Å². The van der Waals surface area contributed by atoms with Gasteiger partial charge in [-0.15, -0.1) is 0 Å². The average Bonchev–Trinajstić information content (AvgIpc) is 2.76. The highest BCUT2D eigenvalue weighted by Crippen LogP contribution is 2.25. The van der Waals surface area contributed by atoms with Crippen LogP contribution in [0, 0.1) is 10.1 Å². The van der Waals surface area contributed by atoms with Gasteiger partial charge in [0.25, 0.3) is 21.6 Å². The number of hydrogen-bond donors (Lipinski definition) is 2. The fourth-order valence-electron chi connectivity index (χ4n) is 3.39. The summed E-state index contributed by atoms with van der Waals surface area (Å²) in [4.78, 5) is 36.1. The van der Waals surface area contributed by atoms with Crippen LogP contribution in [0.4, 0.5) is 11.4 Å². The van der Waals surface area contributed by atoms with Crippen molar-refractivity contribution in [2.75, 3.05) is 24.4 Å². The minimum atomic E-state index is -4.21. The van der Waals surface area contributed by atoms with Gasteiger partial charge in [-0.2, -0.15) is 0 Å². The highest BCUT2D eigenvalue weighted by molar-refractivity contribution is 7.92. The first-order chi connectivity index (χ1) is 16.0. The zero-order chi connectivity index (χ0) is 25.0. The number of nitro groups is 1. The maximum atomic E-state index is 12.7. The number of amides is 1. The SMILES string of the molecule is CC1CN(C(=O)COC(=O)c2cc(S(=O)(=O)Nc3ccc([N+](=O)[O-])cc3)ccc2O)CC(C)O1. The third-order valence-electron chi connectivity index (χ3n) is 4.93. The molecule has 0 spiro atoms. The fourth-order valence-corrected chi connectivity index (χ4v) is 4.47. The summed E-state index contributed by atoms with van der Waals surface area (Å²) in [6.45, 7) is 3.73. The van der Waals surface area contributed by atoms with E-state index in [1.165, 1.54) is 17.0 Å². The maximum absolute atomic E-state index is 12.7. The first kappa shape index (κ1) is 24.9. The molecule has 13 heteroatoms. The number of carbonyl (C=O) groups excluding carboxylic acids is 2. The van der Waals surface area contributed by atoms with Crippen LogP contribution < -0.4 is 4.72 Å². The first-order valence-corrected chi connectivity index (χ1v) is 11.6. The van der Waals surface area contributed by atoms with Crippen LogP contribution >= 0.6 is 0 Å². The zero-order valence-electron chi connectivity index (χ0n) is 18.3. The number of sulfonamides is 1. The summed E-state index contributed by atoms with van der Waals surface area (Å²) in [7, 11) is -4.21. The van der Waals surface area contributed by atoms with Crippen molar-refractivity contribution >= 4 is 33.3 Å². The Kier molecular flexibility index (Phi) is 7.37. The number of phenols is 1. The molecule has 1 saturated heterocycles. The van der Waals surface area contributed by atoms with Gasteiger partial charge in [0.05, 0.1) is 22.0 Å². The topological polar surface area (TPSA) is 165 Å². The lowest BCUT2D eigenvalue weighted by molar-refractivity contribution is -0.384. The Morgan fingerprint density at radius 3 is 2.38 bits per heavy atom. The summed E-state index contributed by atoms with van der Waals surface area (Å²) < 4.78 is 38.2. The van der Waals surface area contributed by atoms with E-state index in [1.54, 1.807) is 0 Å². The van der Waals surface area contributed by atoms with Crippen LogP contribution in [0.2, 0.25) is 0 Å². The van der Waals surface area contributed by atoms with Gasteiger partial charge in [-0.1, -0.05) is 0 Å². The van der Waals surface area contributed by atoms with Gasteiger partial charge in [-0.05, 0) is 44.2 Å². The lowest BCUT2D eigenvalue weighted by atomic mass is 10.2. The van der Waals surface area contributed by atoms with E-state index >= 15 is 0 Å². The average molecular weight is 493 g/mol. The van der Waals surface area contributed by atoms with Gasteiger partial charge in [-0.25, -0.2) is 13.2 Å². The number of non-ortho nitro benzene ring substituents is 1. The molecule has 0 aliphatic carbocycles. The molecule has 182 valence electrons. The molecule has 1 aliphatic heterocycles. The molecule has 1 amide bonds. The molecule has 1 heterocycles. The second kappa shape index (κ2) is 10.1. The summed E-state index contributed by atoms with van der Waals surface area (Å²) in [5.74, 6) is -2.05. The number of rotatable bonds is 7. The van der Waals surface area contributed by atoms with Crippen LogP contribution in [0.5, 0.6) is 5.75 Å². The van der Waals surface area contributed by atoms with Crippen molar-refractivity contribution in [1.82, 2.24) is 4.90 Å². The molecule has 1 fully saturated rings. The van der Waals surface area contributed by atoms with Crippen molar-refractivity contribution in [1.29, 1.82) is 0 Å². The van der Waals surface area contributed by atoms with Crippen LogP contribution in [0.15, 0.2) is 47.4 Å². The van der Waals surface area contributed by atoms with Crippen LogP contribution in [0.1, 0.15) is 24.2 Å². The van der Waals surface area contributed by atoms with Gasteiger partial charge in [0.15, 0.2) is 6.61 Å². The number of benzene rings is 2. The molecular weight excluding hydrogens is 470 g/mol. The van der Waals surface area contributed by atoms with E-state index in [0.29, 0.717) is 13.1 Å². The number of nitrogens with zero attached hydrogens (tertiary/aromatic N) is 2. The number of nitrogens with one attached hydrogen (secondary N) is 1. The summed E-state index contributed by atoms with van der Waals surface area (Å²) in [6, 6.07) is 7.67. The summed E-state index contributed by atoms with van der Waals surface area (Å²) >= 11 is 0. The molecule has 2 atom stereocenters. The van der Waals surface area contributed by atoms with Gasteiger partial charge in [0.2, 0.25) is 0 Å². The Morgan fingerprint density at radius 1 is 1.18 bits per heavy atom. The van der Waals surface area contributed by atoms with E-state index in [2.05, 4.69) is 4.72 Å². The standard InChI is InChI=1S/C21H23N3O9S/c1-13-10-23(11-14(2)33-13)20(26)12-32-21(27)18-9-17(7-8-19(18)25)34(30,31)22-15-3-5-16(6-4-15)24(28)29/h3-9,13-14,22,25H,10-12H2,1-2H3. The zero-order valence-corrected chi connectivity index (χ0v) is 19.1. The van der Waals surface area contributed by atoms with Gasteiger partial charge in [-0.3, -0.25) is 19.6 Å². The predicted molar refractivity (Wildman–Crippen MR) is 119 cm³/mol. The molecule has 2 aromatic carbocycles. The number of anilines is 1. The number of phenolic OH excluding ortho intramolecular Hbond substituents is 1. The number of hydrogen-bond acceptors (Lipinski definition) is 9. The van der Waals surface area contributed by atoms with Crippen LogP contribution in [0.3, 0.4) is 0 Å². The number of nitro benzene ring substituents is 1. The predicted octanol–water partition coefficient (Wildman–Crippen LogP) is 1.89. The van der Waals surface area contributed by atoms with E-state index in [0.717, 1.165) is 30.3 Å². The van der Waals surface area contributed by atoms with E-state index in [9.17, 15) is 33.2 Å². The summed E-state index contributed by atoms with van der Waals surface area (Å²) in [5, 5.41) is 20.8. The lowest BCUT2D eigenvalue weighted by Crippen LogP contribution is -2.49. The van der Waals surface area contributed by atoms with Gasteiger partial charge in [0, 0.05) is 30.9 Å². The second-order valence-corrected chi connectivity index (χ2v) is 9.40. The molecule has 1 aliphatic rings. The van der Waals surface area contributed by atoms with Crippen molar-refractivity contribution in [3.8, 4) is 5.75 Å². The monoisotopic (exact) mass is 493 g/mol. The highest BCUT2D eigenvalue weighted by atomic mass is 32.2. The molecule has 34 heavy (non-hydrogen) atoms. The van der Waals surface area contributed by atoms with Crippen molar-refractivity contribution < 1.29 is 37.5 Å². The van der Waals surface area contributed by atoms with E-state index in [1.807, 2.05) is 13.8 Å². The van der Waals surface area contributed by atoms with Crippen LogP contribution in [-0.2, 0) is 24.3 Å². The first-order valence-electron chi connectivity index (χ1n) is 10.2. The van der Waals surface area contributed by atoms with Gasteiger partial charge >= 0.3 is 5.97 Å². The van der Waals surface area contributed by atoms with E-state index < -0.39 is 44.7 Å². The molecule has 0 bridgehead atoms. The molecule has 12 nitrogen and oxygen atoms in total. The van der Waals surface area contributed by atoms with Gasteiger partial charge < -0.3 is 19.5 Å². The second-order valence-electron chi connectivity index (χ2n) is 7.72. The van der Waals surface area contributed by atoms with Crippen molar-refractivity contribution in [3.05, 3.63) is 58.1 Å². The van der Waals surface area contributed by atoms with E-state index in [-0.39, 0.29) is 28.5 Å². The van der Waals surface area contributed by atoms with Crippen molar-refractivity contribution in [3.63, 3.8) is 0 Å². The number of esters is 1. The fraction of sp³-hybridized carbons (Fsp3) is 0.333. The lowest BCUT2D eigenvalue weighted by Gasteiger charge is -2.35. The third kappa shape index (κ3) is 5.99. The number of carbonyl (C=O) groups is 2. The normalized spacial score (nSPS) is 18.2. The molecule has 2 aromatic rings. The Bertz CT molecular complexity index is 1190. The molecule has 2 N–H and O–H groups in total. The quantitative estimate of drug-likeness (QED) is 0.333. The third-order valence-corrected chi connectivity index (χ3v) is 6.31. The number of aromatic hydroxyl groups is 1. The largest absolute Gasteiger partial charge is 0.507 e. The Balaban J connectivity index is 1.70. The van der Waals surface area contributed by atoms with Crippen LogP contribution in [0.25, 0.3) is 0 Å². The smallest absolute Gasteiger partial charge is 0.342 e. The van der Waals surface area contributed by atoms with Gasteiger partial charge in [0.1, 0.15) is 11.3 Å². The molecule has 0 radical (unpaired) electrons. The number of morpholine rings is 1. The molecular formula is C21H23N3O9S. The minimum absolute atomic E-state index is 0.0577. The molecule has 3 rings (SSSR count). The summed E-state index contributed by atoms with van der Waals surface area (Å²) in [5.41, 5.74) is -0.599. The number of ether oxygens (including phenoxy) is 2. The van der Waals surface area contributed by atoms with E-state index in [4.69, 9.17) is 9.47 Å². The van der Waals surface area contributed by atoms with Crippen molar-refractivity contribution in [2.45, 2.75) is 31.0 Å². The van der Waals surface area contributed by atoms with Crippen molar-refractivity contribution in [2.24, 2.45) is 0 Å². The Hall–Kier alpha value is -3.71. The highest BCUT2D eigenvalue weighted by Gasteiger charge is 2.27.